The van der Waals surface area contributed by atoms with Gasteiger partial charge in [-0.2, -0.15) is 0 Å². The summed E-state index contributed by atoms with van der Waals surface area (Å²) in [6.45, 7) is 2.05. The highest BCUT2D eigenvalue weighted by Gasteiger charge is 2.34. The van der Waals surface area contributed by atoms with Crippen LogP contribution in [-0.2, 0) is 9.59 Å². The number of amides is 3. The molecule has 1 heterocycles. The van der Waals surface area contributed by atoms with Gasteiger partial charge in [0.05, 0.1) is 18.6 Å². The summed E-state index contributed by atoms with van der Waals surface area (Å²) in [7, 11) is 1.55. The molecule has 4 rings (SSSR count). The first-order valence-corrected chi connectivity index (χ1v) is 12.3. The van der Waals surface area contributed by atoms with Crippen LogP contribution in [0, 0.1) is 6.92 Å². The van der Waals surface area contributed by atoms with Gasteiger partial charge in [0.25, 0.3) is 17.1 Å². The summed E-state index contributed by atoms with van der Waals surface area (Å²) in [5.41, 5.74) is 2.47. The molecule has 3 aromatic carbocycles. The van der Waals surface area contributed by atoms with E-state index in [2.05, 4.69) is 5.32 Å². The molecule has 1 fully saturated rings. The van der Waals surface area contributed by atoms with Gasteiger partial charge in [-0.25, -0.2) is 0 Å². The number of para-hydroxylation sites is 2. The van der Waals surface area contributed by atoms with E-state index in [0.29, 0.717) is 33.4 Å². The lowest BCUT2D eigenvalue weighted by atomic mass is 10.2. The van der Waals surface area contributed by atoms with Gasteiger partial charge in [0.15, 0.2) is 18.1 Å². The summed E-state index contributed by atoms with van der Waals surface area (Å²) in [5, 5.41) is 2.42. The molecule has 0 radical (unpaired) electrons. The van der Waals surface area contributed by atoms with E-state index in [-0.39, 0.29) is 36.8 Å². The van der Waals surface area contributed by atoms with Crippen LogP contribution in [0.15, 0.2) is 77.7 Å². The molecular formula is C28H26N2O6S. The fourth-order valence-corrected chi connectivity index (χ4v) is 4.37. The van der Waals surface area contributed by atoms with E-state index in [1.807, 2.05) is 43.3 Å². The molecular weight excluding hydrogens is 492 g/mol. The van der Waals surface area contributed by atoms with Crippen LogP contribution in [0.3, 0.4) is 0 Å². The van der Waals surface area contributed by atoms with Crippen LogP contribution in [0.25, 0.3) is 6.08 Å². The van der Waals surface area contributed by atoms with Gasteiger partial charge in [0, 0.05) is 5.69 Å². The summed E-state index contributed by atoms with van der Waals surface area (Å²) in [5.74, 6) is 0.911. The number of anilines is 1. The molecule has 0 aliphatic carbocycles. The predicted molar refractivity (Wildman–Crippen MR) is 143 cm³/mol. The number of aryl methyl sites for hydroxylation is 1. The predicted octanol–water partition coefficient (Wildman–Crippen LogP) is 5.14. The van der Waals surface area contributed by atoms with Gasteiger partial charge in [-0.15, -0.1) is 0 Å². The standard InChI is InChI=1S/C28H26N2O6S/c1-19-10-12-21(13-11-19)29-26(31)18-36-22-7-5-6-20(16-22)17-25-27(32)30(28(33)37-25)14-15-35-24-9-4-3-8-23(24)34-2/h3-13,16-17H,14-15,18H2,1-2H3,(H,29,31)/b25-17-. The average Bonchev–Trinajstić information content (AvgIpc) is 3.16. The molecule has 0 unspecified atom stereocenters. The second-order valence-corrected chi connectivity index (χ2v) is 9.10. The number of methoxy groups -OCH3 is 1. The Bertz CT molecular complexity index is 1320. The molecule has 37 heavy (non-hydrogen) atoms. The van der Waals surface area contributed by atoms with Crippen molar-refractivity contribution in [2.45, 2.75) is 6.92 Å². The molecule has 9 heteroatoms. The van der Waals surface area contributed by atoms with E-state index in [4.69, 9.17) is 14.2 Å². The molecule has 0 bridgehead atoms. The maximum atomic E-state index is 12.8. The Balaban J connectivity index is 1.32. The summed E-state index contributed by atoms with van der Waals surface area (Å²) in [4.78, 5) is 38.9. The number of nitrogens with one attached hydrogen (secondary N) is 1. The third-order valence-electron chi connectivity index (χ3n) is 5.38. The van der Waals surface area contributed by atoms with Gasteiger partial charge in [-0.05, 0) is 66.7 Å². The zero-order valence-corrected chi connectivity index (χ0v) is 21.2. The van der Waals surface area contributed by atoms with Gasteiger partial charge >= 0.3 is 0 Å². The van der Waals surface area contributed by atoms with Crippen LogP contribution in [0.1, 0.15) is 11.1 Å². The van der Waals surface area contributed by atoms with Crippen molar-refractivity contribution in [2.75, 3.05) is 32.2 Å². The Morgan fingerprint density at radius 2 is 1.73 bits per heavy atom. The smallest absolute Gasteiger partial charge is 0.293 e. The van der Waals surface area contributed by atoms with E-state index >= 15 is 0 Å². The molecule has 1 aliphatic rings. The Labute approximate surface area is 219 Å². The Morgan fingerprint density at radius 3 is 2.49 bits per heavy atom. The summed E-state index contributed by atoms with van der Waals surface area (Å²) in [6, 6.07) is 21.6. The van der Waals surface area contributed by atoms with Crippen LogP contribution in [-0.4, -0.2) is 48.8 Å². The molecule has 0 aromatic heterocycles. The highest BCUT2D eigenvalue weighted by molar-refractivity contribution is 8.18. The van der Waals surface area contributed by atoms with Crippen molar-refractivity contribution in [3.8, 4) is 17.2 Å². The van der Waals surface area contributed by atoms with E-state index in [0.717, 1.165) is 22.2 Å². The number of carbonyl (C=O) groups is 3. The Morgan fingerprint density at radius 1 is 0.973 bits per heavy atom. The molecule has 0 spiro atoms. The lowest BCUT2D eigenvalue weighted by molar-refractivity contribution is -0.123. The topological polar surface area (TPSA) is 94.2 Å². The van der Waals surface area contributed by atoms with Gasteiger partial charge in [-0.3, -0.25) is 19.3 Å². The first-order chi connectivity index (χ1) is 17.9. The largest absolute Gasteiger partial charge is 0.493 e. The second-order valence-electron chi connectivity index (χ2n) is 8.11. The van der Waals surface area contributed by atoms with E-state index in [1.165, 1.54) is 0 Å². The van der Waals surface area contributed by atoms with Crippen molar-refractivity contribution < 1.29 is 28.6 Å². The van der Waals surface area contributed by atoms with Gasteiger partial charge in [0.2, 0.25) is 0 Å². The number of ether oxygens (including phenoxy) is 3. The Hall–Kier alpha value is -4.24. The zero-order chi connectivity index (χ0) is 26.2. The summed E-state index contributed by atoms with van der Waals surface area (Å²) in [6.07, 6.45) is 1.63. The van der Waals surface area contributed by atoms with Crippen molar-refractivity contribution >= 4 is 40.6 Å². The average molecular weight is 519 g/mol. The van der Waals surface area contributed by atoms with Gasteiger partial charge < -0.3 is 19.5 Å². The van der Waals surface area contributed by atoms with Crippen molar-refractivity contribution in [1.82, 2.24) is 4.90 Å². The lowest BCUT2D eigenvalue weighted by Gasteiger charge is -2.14. The SMILES string of the molecule is COc1ccccc1OCCN1C(=O)S/C(=C\c2cccc(OCC(=O)Nc3ccc(C)cc3)c2)C1=O. The van der Waals surface area contributed by atoms with Crippen LogP contribution in [0.4, 0.5) is 10.5 Å². The van der Waals surface area contributed by atoms with Gasteiger partial charge in [0.1, 0.15) is 12.4 Å². The molecule has 3 aromatic rings. The molecule has 1 aliphatic heterocycles. The van der Waals surface area contributed by atoms with Crippen LogP contribution in [0.5, 0.6) is 17.2 Å². The fourth-order valence-electron chi connectivity index (χ4n) is 3.51. The summed E-state index contributed by atoms with van der Waals surface area (Å²) >= 11 is 0.870. The number of nitrogens with zero attached hydrogens (tertiary/aromatic N) is 1. The molecule has 8 nitrogen and oxygen atoms in total. The highest BCUT2D eigenvalue weighted by atomic mass is 32.2. The van der Waals surface area contributed by atoms with Crippen LogP contribution in [0.2, 0.25) is 0 Å². The van der Waals surface area contributed by atoms with Crippen molar-refractivity contribution in [2.24, 2.45) is 0 Å². The number of hydrogen-bond acceptors (Lipinski definition) is 7. The molecule has 1 saturated heterocycles. The molecule has 1 N–H and O–H groups in total. The maximum Gasteiger partial charge on any atom is 0.293 e. The minimum Gasteiger partial charge on any atom is -0.493 e. The number of carbonyl (C=O) groups excluding carboxylic acids is 3. The summed E-state index contributed by atoms with van der Waals surface area (Å²) < 4.78 is 16.6. The van der Waals surface area contributed by atoms with Crippen LogP contribution >= 0.6 is 11.8 Å². The Kier molecular flexibility index (Phi) is 8.48. The van der Waals surface area contributed by atoms with E-state index < -0.39 is 0 Å². The first-order valence-electron chi connectivity index (χ1n) is 11.5. The monoisotopic (exact) mass is 518 g/mol. The van der Waals surface area contributed by atoms with Crippen molar-refractivity contribution in [3.63, 3.8) is 0 Å². The molecule has 190 valence electrons. The third-order valence-corrected chi connectivity index (χ3v) is 6.28. The molecule has 3 amide bonds. The minimum absolute atomic E-state index is 0.110. The van der Waals surface area contributed by atoms with Crippen LogP contribution < -0.4 is 19.5 Å². The third kappa shape index (κ3) is 6.92. The van der Waals surface area contributed by atoms with E-state index in [9.17, 15) is 14.4 Å². The minimum atomic E-state index is -0.387. The van der Waals surface area contributed by atoms with Crippen molar-refractivity contribution in [1.29, 1.82) is 0 Å². The lowest BCUT2D eigenvalue weighted by Crippen LogP contribution is -2.32. The molecule has 0 atom stereocenters. The van der Waals surface area contributed by atoms with E-state index in [1.54, 1.807) is 49.6 Å². The normalized spacial score (nSPS) is 14.1. The quantitative estimate of drug-likeness (QED) is 0.372. The number of rotatable bonds is 10. The number of imide groups is 1. The zero-order valence-electron chi connectivity index (χ0n) is 20.4. The fraction of sp³-hybridized carbons (Fsp3) is 0.179. The maximum absolute atomic E-state index is 12.8. The first kappa shape index (κ1) is 25.8. The number of thioether (sulfide) groups is 1. The number of benzene rings is 3. The molecule has 0 saturated carbocycles. The highest BCUT2D eigenvalue weighted by Crippen LogP contribution is 2.33. The van der Waals surface area contributed by atoms with Gasteiger partial charge in [-0.1, -0.05) is 42.0 Å². The number of hydrogen-bond donors (Lipinski definition) is 1. The van der Waals surface area contributed by atoms with Crippen molar-refractivity contribution in [3.05, 3.63) is 88.8 Å². The second kappa shape index (κ2) is 12.1.